The molecule has 2 bridgehead atoms. The molecule has 0 radical (unpaired) electrons. The molecule has 0 saturated carbocycles. The number of likely N-dealkylation sites (tertiary alicyclic amines) is 1. The number of nitrogens with zero attached hydrogens (tertiary/aromatic N) is 4. The number of carbonyl (C=O) groups is 4. The first-order valence-electron chi connectivity index (χ1n) is 12.3. The van der Waals surface area contributed by atoms with Crippen molar-refractivity contribution in [2.75, 3.05) is 26.2 Å². The maximum atomic E-state index is 12.8. The fraction of sp³-hybridized carbons (Fsp3) is 0.708. The van der Waals surface area contributed by atoms with Gasteiger partial charge in [0.05, 0.1) is 6.04 Å². The fourth-order valence-electron chi connectivity index (χ4n) is 5.75. The van der Waals surface area contributed by atoms with Crippen molar-refractivity contribution in [2.45, 2.75) is 64.0 Å². The molecule has 35 heavy (non-hydrogen) atoms. The smallest absolute Gasteiger partial charge is 0.290 e. The molecule has 4 rings (SSSR count). The van der Waals surface area contributed by atoms with E-state index in [1.165, 1.54) is 6.42 Å². The predicted molar refractivity (Wildman–Crippen MR) is 129 cm³/mol. The summed E-state index contributed by atoms with van der Waals surface area (Å²) in [5.41, 5.74) is 0. The van der Waals surface area contributed by atoms with Gasteiger partial charge in [-0.1, -0.05) is 6.92 Å². The highest BCUT2D eigenvalue weighted by Crippen LogP contribution is 2.41. The van der Waals surface area contributed by atoms with E-state index in [4.69, 9.17) is 19.8 Å². The zero-order valence-electron chi connectivity index (χ0n) is 20.7. The third-order valence-corrected chi connectivity index (χ3v) is 7.13. The minimum absolute atomic E-state index is 0.109. The van der Waals surface area contributed by atoms with Gasteiger partial charge < -0.3 is 29.9 Å². The van der Waals surface area contributed by atoms with Gasteiger partial charge in [0.1, 0.15) is 5.82 Å². The monoisotopic (exact) mass is 493 g/mol. The van der Waals surface area contributed by atoms with Crippen LogP contribution in [0.4, 0.5) is 0 Å². The molecule has 4 heterocycles. The molecule has 11 nitrogen and oxygen atoms in total. The summed E-state index contributed by atoms with van der Waals surface area (Å²) in [6.45, 7) is 5.21. The van der Waals surface area contributed by atoms with Crippen LogP contribution in [-0.4, -0.2) is 92.6 Å². The second kappa shape index (κ2) is 14.4. The van der Waals surface area contributed by atoms with E-state index in [1.807, 2.05) is 26.4 Å². The van der Waals surface area contributed by atoms with Gasteiger partial charge in [0.2, 0.25) is 11.8 Å². The van der Waals surface area contributed by atoms with Gasteiger partial charge >= 0.3 is 0 Å². The van der Waals surface area contributed by atoms with Crippen molar-refractivity contribution in [1.29, 1.82) is 0 Å². The second-order valence-corrected chi connectivity index (χ2v) is 9.31. The molecule has 3 aliphatic rings. The highest BCUT2D eigenvalue weighted by molar-refractivity contribution is 5.78. The summed E-state index contributed by atoms with van der Waals surface area (Å²) in [5, 5.41) is 16.9. The minimum atomic E-state index is -0.250. The molecule has 0 unspecified atom stereocenters. The normalized spacial score (nSPS) is 25.2. The molecule has 3 aliphatic heterocycles. The molecule has 1 aromatic heterocycles. The van der Waals surface area contributed by atoms with E-state index < -0.39 is 0 Å². The number of aryl methyl sites for hydroxylation is 1. The zero-order chi connectivity index (χ0) is 25.8. The molecule has 11 heteroatoms. The lowest BCUT2D eigenvalue weighted by molar-refractivity contribution is -0.153. The van der Waals surface area contributed by atoms with Crippen molar-refractivity contribution < 1.29 is 29.4 Å². The Kier molecular flexibility index (Phi) is 11.7. The Balaban J connectivity index is 0.000000655. The summed E-state index contributed by atoms with van der Waals surface area (Å²) in [4.78, 5) is 50.9. The van der Waals surface area contributed by atoms with Crippen LogP contribution in [0.15, 0.2) is 12.4 Å². The number of aromatic nitrogens is 2. The van der Waals surface area contributed by atoms with Crippen molar-refractivity contribution in [2.24, 2.45) is 18.9 Å². The van der Waals surface area contributed by atoms with E-state index >= 15 is 0 Å². The lowest BCUT2D eigenvalue weighted by Gasteiger charge is -2.56. The molecular weight excluding hydrogens is 454 g/mol. The van der Waals surface area contributed by atoms with Gasteiger partial charge in [-0.05, 0) is 37.5 Å². The third-order valence-electron chi connectivity index (χ3n) is 7.13. The molecule has 0 aromatic carbocycles. The summed E-state index contributed by atoms with van der Waals surface area (Å²) in [6.07, 6.45) is 10.2. The first-order chi connectivity index (χ1) is 16.9. The van der Waals surface area contributed by atoms with Gasteiger partial charge in [-0.2, -0.15) is 0 Å². The molecule has 3 fully saturated rings. The molecule has 2 amide bonds. The summed E-state index contributed by atoms with van der Waals surface area (Å²) < 4.78 is 2.10. The number of fused-ring (bicyclic) bond motifs is 4. The Morgan fingerprint density at radius 1 is 1.23 bits per heavy atom. The maximum absolute atomic E-state index is 12.8. The fourth-order valence-corrected chi connectivity index (χ4v) is 5.75. The maximum Gasteiger partial charge on any atom is 0.290 e. The lowest BCUT2D eigenvalue weighted by Crippen LogP contribution is -2.67. The van der Waals surface area contributed by atoms with Crippen LogP contribution in [0.1, 0.15) is 51.3 Å². The van der Waals surface area contributed by atoms with Crippen LogP contribution in [0.3, 0.4) is 0 Å². The van der Waals surface area contributed by atoms with Crippen molar-refractivity contribution in [3.05, 3.63) is 18.2 Å². The number of hydrogen-bond acceptors (Lipinski definition) is 6. The molecule has 3 N–H and O–H groups in total. The van der Waals surface area contributed by atoms with Crippen LogP contribution in [0, 0.1) is 11.8 Å². The summed E-state index contributed by atoms with van der Waals surface area (Å²) in [7, 11) is 2.05. The van der Waals surface area contributed by atoms with Gasteiger partial charge in [-0.15, -0.1) is 0 Å². The first-order valence-corrected chi connectivity index (χ1v) is 12.3. The second-order valence-electron chi connectivity index (χ2n) is 9.31. The standard InChI is InChI=1S/C22H35N5O2.2CH2O2/c1-3-5-21(28)24-13-19-17-12-16(18-6-4-7-22(29)27(18)19)14-26(15-17)10-8-20-23-9-11-25(20)2;2*2-1-3/h9,11,16-19H,3-8,10,12-15H2,1-2H3,(H,24,28);2*1H,(H,2,3)/t16-,17+,18+,19+;;/m1../s1. The van der Waals surface area contributed by atoms with E-state index in [1.54, 1.807) is 0 Å². The van der Waals surface area contributed by atoms with Gasteiger partial charge in [-0.25, -0.2) is 4.98 Å². The predicted octanol–water partition coefficient (Wildman–Crippen LogP) is 0.982. The van der Waals surface area contributed by atoms with Crippen LogP contribution >= 0.6 is 0 Å². The quantitative estimate of drug-likeness (QED) is 0.477. The Morgan fingerprint density at radius 3 is 2.54 bits per heavy atom. The molecule has 0 aliphatic carbocycles. The minimum Gasteiger partial charge on any atom is -0.483 e. The van der Waals surface area contributed by atoms with Crippen LogP contribution in [0.5, 0.6) is 0 Å². The van der Waals surface area contributed by atoms with Crippen LogP contribution in [0.25, 0.3) is 0 Å². The third kappa shape index (κ3) is 7.78. The number of imidazole rings is 1. The van der Waals surface area contributed by atoms with Crippen LogP contribution in [-0.2, 0) is 32.6 Å². The largest absolute Gasteiger partial charge is 0.483 e. The van der Waals surface area contributed by atoms with Crippen LogP contribution in [0.2, 0.25) is 0 Å². The zero-order valence-corrected chi connectivity index (χ0v) is 20.7. The van der Waals surface area contributed by atoms with Crippen molar-refractivity contribution in [3.63, 3.8) is 0 Å². The van der Waals surface area contributed by atoms with E-state index in [9.17, 15) is 9.59 Å². The summed E-state index contributed by atoms with van der Waals surface area (Å²) >= 11 is 0. The molecular formula is C24H39N5O6. The Labute approximate surface area is 206 Å². The van der Waals surface area contributed by atoms with Crippen LogP contribution < -0.4 is 5.32 Å². The van der Waals surface area contributed by atoms with Crippen molar-refractivity contribution in [3.8, 4) is 0 Å². The number of piperidine rings is 3. The number of amides is 2. The number of nitrogens with one attached hydrogen (secondary N) is 1. The van der Waals surface area contributed by atoms with Gasteiger partial charge in [0, 0.05) is 70.9 Å². The van der Waals surface area contributed by atoms with E-state index in [0.29, 0.717) is 43.2 Å². The SMILES string of the molecule is CCCC(=O)NC[C@H]1[C@H]2C[C@H](CN(CCc3nccn3C)C2)[C@@H]2CCCC(=O)N21.O=CO.O=CO. The van der Waals surface area contributed by atoms with Gasteiger partial charge in [0.25, 0.3) is 12.9 Å². The number of carboxylic acid groups (broad SMARTS) is 2. The first kappa shape index (κ1) is 28.3. The Morgan fingerprint density at radius 2 is 1.91 bits per heavy atom. The van der Waals surface area contributed by atoms with E-state index in [2.05, 4.69) is 24.7 Å². The summed E-state index contributed by atoms with van der Waals surface area (Å²) in [5.74, 6) is 2.53. The molecule has 3 saturated heterocycles. The molecule has 1 aromatic rings. The van der Waals surface area contributed by atoms with Gasteiger partial charge in [0.15, 0.2) is 0 Å². The molecule has 0 spiro atoms. The summed E-state index contributed by atoms with van der Waals surface area (Å²) in [6, 6.07) is 0.484. The number of hydrogen-bond donors (Lipinski definition) is 3. The molecule has 196 valence electrons. The highest BCUT2D eigenvalue weighted by Gasteiger charge is 2.49. The van der Waals surface area contributed by atoms with Crippen molar-refractivity contribution in [1.82, 2.24) is 24.7 Å². The Bertz CT molecular complexity index is 825. The van der Waals surface area contributed by atoms with Crippen molar-refractivity contribution >= 4 is 24.8 Å². The molecule has 4 atom stereocenters. The highest BCUT2D eigenvalue weighted by atomic mass is 16.3. The average molecular weight is 494 g/mol. The number of rotatable bonds is 7. The van der Waals surface area contributed by atoms with E-state index in [-0.39, 0.29) is 24.9 Å². The topological polar surface area (TPSA) is 145 Å². The number of carbonyl (C=O) groups excluding carboxylic acids is 2. The average Bonchev–Trinajstić information content (AvgIpc) is 3.24. The van der Waals surface area contributed by atoms with Gasteiger partial charge in [-0.3, -0.25) is 19.2 Å². The lowest BCUT2D eigenvalue weighted by atomic mass is 9.72. The van der Waals surface area contributed by atoms with E-state index in [0.717, 1.165) is 51.1 Å². The Hall–Kier alpha value is -2.95.